The van der Waals surface area contributed by atoms with Crippen molar-refractivity contribution in [2.75, 3.05) is 0 Å². The number of hydrogen-bond donors (Lipinski definition) is 0. The fourth-order valence-corrected chi connectivity index (χ4v) is 7.05. The maximum Gasteiger partial charge on any atom is 0.251 e. The van der Waals surface area contributed by atoms with Crippen LogP contribution in [0.2, 0.25) is 0 Å². The second kappa shape index (κ2) is 12.7. The van der Waals surface area contributed by atoms with E-state index in [0.29, 0.717) is 12.4 Å². The molecule has 0 fully saturated rings. The number of hydrogen-bond acceptors (Lipinski definition) is 4. The fraction of sp³-hybridized carbons (Fsp3) is 0.0698. The Balaban J connectivity index is 1.25. The van der Waals surface area contributed by atoms with E-state index < -0.39 is 5.54 Å². The summed E-state index contributed by atoms with van der Waals surface area (Å²) in [6.07, 6.45) is 0. The average Bonchev–Trinajstić information content (AvgIpc) is 3.65. The lowest BCUT2D eigenvalue weighted by molar-refractivity contribution is 0.451. The van der Waals surface area contributed by atoms with E-state index in [9.17, 15) is 4.79 Å². The number of tetrazole rings is 1. The monoisotopic (exact) mass is 635 g/mol. The van der Waals surface area contributed by atoms with Crippen molar-refractivity contribution >= 4 is 10.9 Å². The van der Waals surface area contributed by atoms with E-state index in [2.05, 4.69) is 120 Å². The maximum absolute atomic E-state index is 13.1. The zero-order valence-corrected chi connectivity index (χ0v) is 27.0. The predicted molar refractivity (Wildman–Crippen MR) is 195 cm³/mol. The minimum absolute atomic E-state index is 0.00353. The molecular formula is C43H33N5O. The second-order valence-corrected chi connectivity index (χ2v) is 12.2. The number of nitrogens with zero attached hydrogens (tertiary/aromatic N) is 5. The Hall–Kier alpha value is -6.40. The molecule has 0 amide bonds. The minimum Gasteiger partial charge on any atom is -0.304 e. The number of aryl methyl sites for hydroxylation is 1. The topological polar surface area (TPSA) is 65.6 Å². The van der Waals surface area contributed by atoms with E-state index in [-0.39, 0.29) is 5.56 Å². The molecular weight excluding hydrogens is 603 g/mol. The third-order valence-corrected chi connectivity index (χ3v) is 9.36. The predicted octanol–water partition coefficient (Wildman–Crippen LogP) is 8.52. The normalized spacial score (nSPS) is 11.5. The van der Waals surface area contributed by atoms with Crippen LogP contribution in [0.5, 0.6) is 0 Å². The molecule has 8 aromatic rings. The fourth-order valence-electron chi connectivity index (χ4n) is 7.05. The molecule has 6 heteroatoms. The molecule has 0 aliphatic carbocycles. The third-order valence-electron chi connectivity index (χ3n) is 9.36. The van der Waals surface area contributed by atoms with Crippen molar-refractivity contribution in [1.29, 1.82) is 0 Å². The van der Waals surface area contributed by atoms with E-state index in [1.54, 1.807) is 6.07 Å². The molecule has 0 saturated heterocycles. The van der Waals surface area contributed by atoms with Crippen molar-refractivity contribution in [3.63, 3.8) is 0 Å². The number of benzene rings is 6. The van der Waals surface area contributed by atoms with Crippen LogP contribution in [0, 0.1) is 6.92 Å². The highest BCUT2D eigenvalue weighted by atomic mass is 16.1. The standard InChI is InChI=1S/C43H33N5O/c1-31-29-41(49)47(40-24-14-13-21-37(31)40)30-32-25-27-33(28-26-32)38-22-11-12-23-39(38)42-44-45-46-48(42)43(34-15-5-2-6-16-34,35-17-7-3-8-18-35)36-19-9-4-10-20-36/h2-29H,30H2,1H3. The molecule has 8 rings (SSSR count). The quantitative estimate of drug-likeness (QED) is 0.157. The summed E-state index contributed by atoms with van der Waals surface area (Å²) in [4.78, 5) is 13.1. The van der Waals surface area contributed by atoms with E-state index in [1.807, 2.05) is 64.7 Å². The van der Waals surface area contributed by atoms with E-state index in [4.69, 9.17) is 10.3 Å². The van der Waals surface area contributed by atoms with E-state index in [1.165, 1.54) is 0 Å². The number of pyridine rings is 1. The lowest BCUT2D eigenvalue weighted by Crippen LogP contribution is -2.39. The van der Waals surface area contributed by atoms with Crippen molar-refractivity contribution in [2.24, 2.45) is 0 Å². The summed E-state index contributed by atoms with van der Waals surface area (Å²) >= 11 is 0. The van der Waals surface area contributed by atoms with Gasteiger partial charge in [-0.25, -0.2) is 4.68 Å². The summed E-state index contributed by atoms with van der Waals surface area (Å²) in [6, 6.07) is 57.7. The van der Waals surface area contributed by atoms with Crippen LogP contribution in [-0.4, -0.2) is 24.8 Å². The van der Waals surface area contributed by atoms with Gasteiger partial charge in [-0.1, -0.05) is 158 Å². The summed E-state index contributed by atoms with van der Waals surface area (Å²) in [7, 11) is 0. The van der Waals surface area contributed by atoms with Gasteiger partial charge in [-0.2, -0.15) is 0 Å². The molecule has 0 aliphatic heterocycles. The van der Waals surface area contributed by atoms with Gasteiger partial charge in [-0.15, -0.1) is 5.10 Å². The summed E-state index contributed by atoms with van der Waals surface area (Å²) in [5.74, 6) is 0.647. The summed E-state index contributed by atoms with van der Waals surface area (Å²) in [5, 5.41) is 14.8. The van der Waals surface area contributed by atoms with Crippen LogP contribution in [0.4, 0.5) is 0 Å². The Labute approximate surface area is 284 Å². The molecule has 236 valence electrons. The van der Waals surface area contributed by atoms with Crippen LogP contribution in [-0.2, 0) is 12.1 Å². The van der Waals surface area contributed by atoms with Gasteiger partial charge < -0.3 is 4.57 Å². The van der Waals surface area contributed by atoms with Crippen LogP contribution in [0.15, 0.2) is 175 Å². The zero-order valence-electron chi connectivity index (χ0n) is 27.0. The zero-order chi connectivity index (χ0) is 33.2. The van der Waals surface area contributed by atoms with Crippen molar-refractivity contribution in [1.82, 2.24) is 24.8 Å². The van der Waals surface area contributed by atoms with Gasteiger partial charge in [-0.3, -0.25) is 4.79 Å². The summed E-state index contributed by atoms with van der Waals surface area (Å²) in [6.45, 7) is 2.47. The molecule has 0 bridgehead atoms. The van der Waals surface area contributed by atoms with Crippen molar-refractivity contribution in [2.45, 2.75) is 19.0 Å². The van der Waals surface area contributed by atoms with Gasteiger partial charge in [0.1, 0.15) is 5.54 Å². The van der Waals surface area contributed by atoms with Crippen LogP contribution >= 0.6 is 0 Å². The molecule has 2 aromatic heterocycles. The maximum atomic E-state index is 13.1. The van der Waals surface area contributed by atoms with Gasteiger partial charge >= 0.3 is 0 Å². The highest BCUT2D eigenvalue weighted by molar-refractivity contribution is 5.83. The summed E-state index contributed by atoms with van der Waals surface area (Å²) in [5.41, 5.74) is 8.18. The van der Waals surface area contributed by atoms with Gasteiger partial charge in [0.2, 0.25) is 0 Å². The Kier molecular flexibility index (Phi) is 7.74. The number of rotatable bonds is 8. The van der Waals surface area contributed by atoms with Gasteiger partial charge in [0.25, 0.3) is 5.56 Å². The van der Waals surface area contributed by atoms with Crippen LogP contribution in [0.1, 0.15) is 27.8 Å². The molecule has 6 aromatic carbocycles. The highest BCUT2D eigenvalue weighted by Crippen LogP contribution is 2.43. The Morgan fingerprint density at radius 2 is 1.12 bits per heavy atom. The van der Waals surface area contributed by atoms with Crippen molar-refractivity contribution < 1.29 is 0 Å². The first-order chi connectivity index (χ1) is 24.1. The molecule has 0 N–H and O–H groups in total. The first-order valence-corrected chi connectivity index (χ1v) is 16.4. The molecule has 0 saturated carbocycles. The van der Waals surface area contributed by atoms with Gasteiger partial charge in [0.15, 0.2) is 5.82 Å². The first kappa shape index (κ1) is 30.0. The molecule has 0 spiro atoms. The Morgan fingerprint density at radius 1 is 0.592 bits per heavy atom. The average molecular weight is 636 g/mol. The van der Waals surface area contributed by atoms with Crippen LogP contribution in [0.25, 0.3) is 33.4 Å². The van der Waals surface area contributed by atoms with Gasteiger partial charge in [0, 0.05) is 17.0 Å². The molecule has 0 aliphatic rings. The second-order valence-electron chi connectivity index (χ2n) is 12.2. The largest absolute Gasteiger partial charge is 0.304 e. The van der Waals surface area contributed by atoms with Crippen LogP contribution in [0.3, 0.4) is 0 Å². The lowest BCUT2D eigenvalue weighted by atomic mass is 9.77. The lowest BCUT2D eigenvalue weighted by Gasteiger charge is -2.36. The van der Waals surface area contributed by atoms with E-state index in [0.717, 1.165) is 55.4 Å². The smallest absolute Gasteiger partial charge is 0.251 e. The number of fused-ring (bicyclic) bond motifs is 1. The molecule has 2 heterocycles. The molecule has 0 radical (unpaired) electrons. The van der Waals surface area contributed by atoms with Gasteiger partial charge in [-0.05, 0) is 62.4 Å². The molecule has 6 nitrogen and oxygen atoms in total. The molecule has 49 heavy (non-hydrogen) atoms. The number of para-hydroxylation sites is 1. The molecule has 0 atom stereocenters. The Morgan fingerprint density at radius 3 is 1.73 bits per heavy atom. The highest BCUT2D eigenvalue weighted by Gasteiger charge is 2.42. The van der Waals surface area contributed by atoms with E-state index >= 15 is 0 Å². The SMILES string of the molecule is Cc1cc(=O)n(Cc2ccc(-c3ccccc3-c3nnnn3C(c3ccccc3)(c3ccccc3)c3ccccc3)cc2)c2ccccc12. The van der Waals surface area contributed by atoms with Gasteiger partial charge in [0.05, 0.1) is 12.1 Å². The third kappa shape index (κ3) is 5.24. The van der Waals surface area contributed by atoms with Crippen molar-refractivity contribution in [3.8, 4) is 22.5 Å². The minimum atomic E-state index is -0.857. The number of aromatic nitrogens is 5. The summed E-state index contributed by atoms with van der Waals surface area (Å²) < 4.78 is 3.81. The van der Waals surface area contributed by atoms with Crippen LogP contribution < -0.4 is 5.56 Å². The van der Waals surface area contributed by atoms with Crippen molar-refractivity contribution in [3.05, 3.63) is 208 Å². The Bertz CT molecular complexity index is 2340. The molecule has 0 unspecified atom stereocenters. The first-order valence-electron chi connectivity index (χ1n) is 16.4.